The fourth-order valence-electron chi connectivity index (χ4n) is 3.23. The molecule has 5 nitrogen and oxygen atoms in total. The van der Waals surface area contributed by atoms with E-state index in [2.05, 4.69) is 16.4 Å². The maximum atomic E-state index is 12.6. The van der Waals surface area contributed by atoms with Crippen molar-refractivity contribution in [3.05, 3.63) is 91.0 Å². The SMILES string of the molecule is CC[C@@H](Oc1ccc2ccccc2c1)C(=O)NCc1ccc(-n2ccnc2)cc1. The average molecular weight is 385 g/mol. The van der Waals surface area contributed by atoms with Gasteiger partial charge in [-0.05, 0) is 47.0 Å². The minimum absolute atomic E-state index is 0.112. The molecule has 29 heavy (non-hydrogen) atoms. The fraction of sp³-hybridized carbons (Fsp3) is 0.167. The summed E-state index contributed by atoms with van der Waals surface area (Å²) in [6, 6.07) is 22.0. The van der Waals surface area contributed by atoms with Gasteiger partial charge in [-0.25, -0.2) is 4.98 Å². The molecule has 4 aromatic rings. The summed E-state index contributed by atoms with van der Waals surface area (Å²) in [4.78, 5) is 16.7. The summed E-state index contributed by atoms with van der Waals surface area (Å²) in [7, 11) is 0. The van der Waals surface area contributed by atoms with E-state index < -0.39 is 6.10 Å². The van der Waals surface area contributed by atoms with Crippen LogP contribution in [0, 0.1) is 0 Å². The maximum Gasteiger partial charge on any atom is 0.261 e. The molecule has 3 aromatic carbocycles. The van der Waals surface area contributed by atoms with E-state index >= 15 is 0 Å². The summed E-state index contributed by atoms with van der Waals surface area (Å²) < 4.78 is 7.91. The summed E-state index contributed by atoms with van der Waals surface area (Å²) in [6.07, 6.45) is 5.47. The van der Waals surface area contributed by atoms with E-state index in [9.17, 15) is 4.79 Å². The first-order chi connectivity index (χ1) is 14.2. The summed E-state index contributed by atoms with van der Waals surface area (Å²) in [6.45, 7) is 2.41. The number of hydrogen-bond donors (Lipinski definition) is 1. The fourth-order valence-corrected chi connectivity index (χ4v) is 3.23. The van der Waals surface area contributed by atoms with Gasteiger partial charge < -0.3 is 14.6 Å². The zero-order chi connectivity index (χ0) is 20.1. The number of ether oxygens (including phenoxy) is 1. The Morgan fingerprint density at radius 3 is 2.59 bits per heavy atom. The van der Waals surface area contributed by atoms with Crippen molar-refractivity contribution in [3.63, 3.8) is 0 Å². The van der Waals surface area contributed by atoms with Crippen molar-refractivity contribution in [2.24, 2.45) is 0 Å². The summed E-state index contributed by atoms with van der Waals surface area (Å²) in [5.74, 6) is 0.592. The van der Waals surface area contributed by atoms with Crippen molar-refractivity contribution in [2.75, 3.05) is 0 Å². The number of carbonyl (C=O) groups excluding carboxylic acids is 1. The van der Waals surface area contributed by atoms with Gasteiger partial charge in [-0.1, -0.05) is 49.4 Å². The molecule has 0 radical (unpaired) electrons. The third-order valence-corrected chi connectivity index (χ3v) is 4.87. The van der Waals surface area contributed by atoms with E-state index in [1.165, 1.54) is 0 Å². The molecule has 0 aliphatic rings. The van der Waals surface area contributed by atoms with Gasteiger partial charge in [0.25, 0.3) is 5.91 Å². The van der Waals surface area contributed by atoms with Crippen LogP contribution in [0.3, 0.4) is 0 Å². The van der Waals surface area contributed by atoms with Gasteiger partial charge in [-0.3, -0.25) is 4.79 Å². The molecule has 1 aromatic heterocycles. The van der Waals surface area contributed by atoms with E-state index in [0.29, 0.717) is 18.7 Å². The van der Waals surface area contributed by atoms with Crippen LogP contribution in [0.25, 0.3) is 16.5 Å². The Labute approximate surface area is 170 Å². The van der Waals surface area contributed by atoms with Crippen LogP contribution in [-0.2, 0) is 11.3 Å². The third-order valence-electron chi connectivity index (χ3n) is 4.87. The van der Waals surface area contributed by atoms with Crippen molar-refractivity contribution in [1.29, 1.82) is 0 Å². The number of nitrogens with zero attached hydrogens (tertiary/aromatic N) is 2. The molecule has 0 spiro atoms. The highest BCUT2D eigenvalue weighted by Crippen LogP contribution is 2.22. The molecule has 5 heteroatoms. The highest BCUT2D eigenvalue weighted by atomic mass is 16.5. The first kappa shape index (κ1) is 18.7. The van der Waals surface area contributed by atoms with Gasteiger partial charge in [-0.2, -0.15) is 0 Å². The number of benzene rings is 3. The Kier molecular flexibility index (Phi) is 5.56. The predicted octanol–water partition coefficient (Wildman–Crippen LogP) is 4.50. The number of nitrogens with one attached hydrogen (secondary N) is 1. The Hall–Kier alpha value is -3.60. The second kappa shape index (κ2) is 8.61. The van der Waals surface area contributed by atoms with Crippen LogP contribution in [0.2, 0.25) is 0 Å². The molecule has 1 atom stereocenters. The van der Waals surface area contributed by atoms with Crippen LogP contribution in [0.5, 0.6) is 5.75 Å². The zero-order valence-corrected chi connectivity index (χ0v) is 16.3. The smallest absolute Gasteiger partial charge is 0.261 e. The quantitative estimate of drug-likeness (QED) is 0.510. The summed E-state index contributed by atoms with van der Waals surface area (Å²) in [5, 5.41) is 5.22. The average Bonchev–Trinajstić information content (AvgIpc) is 3.31. The standard InChI is InChI=1S/C24H23N3O2/c1-2-23(29-22-12-9-19-5-3-4-6-20(19)15-22)24(28)26-16-18-7-10-21(11-8-18)27-14-13-25-17-27/h3-15,17,23H,2,16H2,1H3,(H,26,28)/t23-/m1/s1. The highest BCUT2D eigenvalue weighted by molar-refractivity contribution is 5.84. The second-order valence-electron chi connectivity index (χ2n) is 6.88. The van der Waals surface area contributed by atoms with Crippen molar-refractivity contribution >= 4 is 16.7 Å². The van der Waals surface area contributed by atoms with Crippen molar-refractivity contribution in [2.45, 2.75) is 26.0 Å². The molecule has 1 N–H and O–H groups in total. The molecule has 0 fully saturated rings. The Balaban J connectivity index is 1.37. The van der Waals surface area contributed by atoms with E-state index in [0.717, 1.165) is 22.0 Å². The Morgan fingerprint density at radius 1 is 1.07 bits per heavy atom. The molecule has 0 saturated heterocycles. The molecular formula is C24H23N3O2. The van der Waals surface area contributed by atoms with Gasteiger partial charge in [-0.15, -0.1) is 0 Å². The molecular weight excluding hydrogens is 362 g/mol. The molecule has 0 unspecified atom stereocenters. The largest absolute Gasteiger partial charge is 0.481 e. The van der Waals surface area contributed by atoms with Crippen LogP contribution >= 0.6 is 0 Å². The minimum atomic E-state index is -0.526. The predicted molar refractivity (Wildman–Crippen MR) is 114 cm³/mol. The first-order valence-corrected chi connectivity index (χ1v) is 9.73. The molecule has 0 saturated carbocycles. The highest BCUT2D eigenvalue weighted by Gasteiger charge is 2.18. The summed E-state index contributed by atoms with van der Waals surface area (Å²) in [5.41, 5.74) is 2.06. The van der Waals surface area contributed by atoms with Crippen molar-refractivity contribution < 1.29 is 9.53 Å². The van der Waals surface area contributed by atoms with Gasteiger partial charge in [0.1, 0.15) is 5.75 Å². The lowest BCUT2D eigenvalue weighted by Crippen LogP contribution is -2.37. The molecule has 0 bridgehead atoms. The molecule has 4 rings (SSSR count). The summed E-state index contributed by atoms with van der Waals surface area (Å²) >= 11 is 0. The van der Waals surface area contributed by atoms with Gasteiger partial charge in [0.2, 0.25) is 0 Å². The molecule has 1 amide bonds. The maximum absolute atomic E-state index is 12.6. The van der Waals surface area contributed by atoms with Gasteiger partial charge >= 0.3 is 0 Å². The number of rotatable bonds is 7. The van der Waals surface area contributed by atoms with Crippen LogP contribution < -0.4 is 10.1 Å². The number of fused-ring (bicyclic) bond motifs is 1. The lowest BCUT2D eigenvalue weighted by Gasteiger charge is -2.18. The molecule has 0 aliphatic heterocycles. The van der Waals surface area contributed by atoms with Crippen LogP contribution in [0.4, 0.5) is 0 Å². The van der Waals surface area contributed by atoms with Gasteiger partial charge in [0.15, 0.2) is 6.10 Å². The minimum Gasteiger partial charge on any atom is -0.481 e. The molecule has 146 valence electrons. The van der Waals surface area contributed by atoms with E-state index in [1.807, 2.05) is 78.4 Å². The Bertz CT molecular complexity index is 1090. The first-order valence-electron chi connectivity index (χ1n) is 9.73. The number of hydrogen-bond acceptors (Lipinski definition) is 3. The lowest BCUT2D eigenvalue weighted by molar-refractivity contribution is -0.128. The lowest BCUT2D eigenvalue weighted by atomic mass is 10.1. The number of amides is 1. The van der Waals surface area contributed by atoms with Gasteiger partial charge in [0, 0.05) is 24.6 Å². The molecule has 0 aliphatic carbocycles. The van der Waals surface area contributed by atoms with E-state index in [4.69, 9.17) is 4.74 Å². The van der Waals surface area contributed by atoms with E-state index in [1.54, 1.807) is 12.5 Å². The van der Waals surface area contributed by atoms with Crippen LogP contribution in [0.1, 0.15) is 18.9 Å². The van der Waals surface area contributed by atoms with Crippen molar-refractivity contribution in [1.82, 2.24) is 14.9 Å². The zero-order valence-electron chi connectivity index (χ0n) is 16.3. The molecule has 1 heterocycles. The normalized spacial score (nSPS) is 11.9. The van der Waals surface area contributed by atoms with Crippen molar-refractivity contribution in [3.8, 4) is 11.4 Å². The van der Waals surface area contributed by atoms with E-state index in [-0.39, 0.29) is 5.91 Å². The number of imidazole rings is 1. The Morgan fingerprint density at radius 2 is 1.86 bits per heavy atom. The second-order valence-corrected chi connectivity index (χ2v) is 6.88. The monoisotopic (exact) mass is 385 g/mol. The topological polar surface area (TPSA) is 56.1 Å². The van der Waals surface area contributed by atoms with Gasteiger partial charge in [0.05, 0.1) is 6.33 Å². The van der Waals surface area contributed by atoms with Crippen LogP contribution in [0.15, 0.2) is 85.5 Å². The third kappa shape index (κ3) is 4.46. The number of aromatic nitrogens is 2. The van der Waals surface area contributed by atoms with Crippen LogP contribution in [-0.4, -0.2) is 21.6 Å². The number of carbonyl (C=O) groups is 1.